The summed E-state index contributed by atoms with van der Waals surface area (Å²) >= 11 is 0. The van der Waals surface area contributed by atoms with E-state index in [9.17, 15) is 5.11 Å². The molecule has 3 heteroatoms. The van der Waals surface area contributed by atoms with Crippen molar-refractivity contribution >= 4 is 5.71 Å². The molecule has 1 atom stereocenters. The van der Waals surface area contributed by atoms with Crippen LogP contribution in [0.1, 0.15) is 41.5 Å². The maximum absolute atomic E-state index is 9.86. The molecular formula is C24H24N2O. The third-order valence-corrected chi connectivity index (χ3v) is 5.30. The monoisotopic (exact) mass is 356 g/mol. The Balaban J connectivity index is 1.61. The number of aliphatic hydroxyl groups excluding tert-OH is 1. The third-order valence-electron chi connectivity index (χ3n) is 5.30. The lowest BCUT2D eigenvalue weighted by molar-refractivity contribution is 0.264. The van der Waals surface area contributed by atoms with Gasteiger partial charge in [0, 0.05) is 35.2 Å². The molecule has 0 saturated heterocycles. The summed E-state index contributed by atoms with van der Waals surface area (Å²) in [7, 11) is 0. The number of benzene rings is 2. The Morgan fingerprint density at radius 3 is 2.63 bits per heavy atom. The molecule has 1 aromatic heterocycles. The van der Waals surface area contributed by atoms with E-state index in [1.54, 1.807) is 0 Å². The van der Waals surface area contributed by atoms with Crippen molar-refractivity contribution in [2.45, 2.75) is 32.2 Å². The molecule has 0 radical (unpaired) electrons. The van der Waals surface area contributed by atoms with Gasteiger partial charge in [-0.05, 0) is 47.2 Å². The number of aromatic nitrogens is 1. The summed E-state index contributed by atoms with van der Waals surface area (Å²) in [4.78, 5) is 9.09. The Bertz CT molecular complexity index is 963. The molecule has 1 N–H and O–H groups in total. The van der Waals surface area contributed by atoms with Crippen molar-refractivity contribution < 1.29 is 5.11 Å². The van der Waals surface area contributed by atoms with Crippen molar-refractivity contribution in [1.82, 2.24) is 4.98 Å². The van der Waals surface area contributed by atoms with Crippen molar-refractivity contribution in [1.29, 1.82) is 0 Å². The van der Waals surface area contributed by atoms with Crippen LogP contribution in [-0.2, 0) is 13.0 Å². The summed E-state index contributed by atoms with van der Waals surface area (Å²) < 4.78 is 0. The number of pyridine rings is 1. The van der Waals surface area contributed by atoms with Gasteiger partial charge in [0.25, 0.3) is 0 Å². The van der Waals surface area contributed by atoms with Crippen molar-refractivity contribution in [3.05, 3.63) is 89.2 Å². The van der Waals surface area contributed by atoms with Gasteiger partial charge in [0.05, 0.1) is 13.2 Å². The molecule has 3 aromatic rings. The number of nitrogens with zero attached hydrogens (tertiary/aromatic N) is 2. The van der Waals surface area contributed by atoms with Crippen LogP contribution in [0.2, 0.25) is 0 Å². The minimum absolute atomic E-state index is 0.0853. The second kappa shape index (κ2) is 7.85. The predicted molar refractivity (Wildman–Crippen MR) is 110 cm³/mol. The SMILES string of the molecule is CCC1=NCc2ccc(-c3cncc(C[C@@H](CO)c4ccccc4)c3)cc21. The van der Waals surface area contributed by atoms with E-state index in [0.29, 0.717) is 0 Å². The number of hydrogen-bond acceptors (Lipinski definition) is 3. The molecule has 3 nitrogen and oxygen atoms in total. The van der Waals surface area contributed by atoms with Gasteiger partial charge in [0.2, 0.25) is 0 Å². The smallest absolute Gasteiger partial charge is 0.0649 e. The van der Waals surface area contributed by atoms with E-state index < -0.39 is 0 Å². The van der Waals surface area contributed by atoms with E-state index in [0.717, 1.165) is 36.1 Å². The molecule has 0 unspecified atom stereocenters. The Labute approximate surface area is 160 Å². The average Bonchev–Trinajstić information content (AvgIpc) is 3.15. The van der Waals surface area contributed by atoms with Gasteiger partial charge in [0.15, 0.2) is 0 Å². The highest BCUT2D eigenvalue weighted by Gasteiger charge is 2.16. The second-order valence-electron chi connectivity index (χ2n) is 7.06. The van der Waals surface area contributed by atoms with E-state index >= 15 is 0 Å². The standard InChI is InChI=1S/C24H24N2O/c1-2-24-23-12-19(8-9-20(23)15-26-24)21-10-17(13-25-14-21)11-22(16-27)18-6-4-3-5-7-18/h3-10,12-14,22,27H,2,11,15-16H2,1H3/t22-/m0/s1. The normalized spacial score (nSPS) is 13.9. The fourth-order valence-corrected chi connectivity index (χ4v) is 3.79. The summed E-state index contributed by atoms with van der Waals surface area (Å²) in [6, 6.07) is 19.0. The highest BCUT2D eigenvalue weighted by atomic mass is 16.3. The van der Waals surface area contributed by atoms with Crippen LogP contribution in [0.4, 0.5) is 0 Å². The molecule has 0 saturated carbocycles. The van der Waals surface area contributed by atoms with Crippen LogP contribution < -0.4 is 0 Å². The zero-order valence-corrected chi connectivity index (χ0v) is 15.6. The highest BCUT2D eigenvalue weighted by Crippen LogP contribution is 2.28. The quantitative estimate of drug-likeness (QED) is 0.691. The lowest BCUT2D eigenvalue weighted by Gasteiger charge is -2.15. The van der Waals surface area contributed by atoms with Gasteiger partial charge in [-0.2, -0.15) is 0 Å². The first-order chi connectivity index (χ1) is 13.3. The number of hydrogen-bond donors (Lipinski definition) is 1. The number of aliphatic hydroxyl groups is 1. The summed E-state index contributed by atoms with van der Waals surface area (Å²) in [5.74, 6) is 0.0853. The van der Waals surface area contributed by atoms with E-state index in [-0.39, 0.29) is 12.5 Å². The molecule has 1 aliphatic heterocycles. The first kappa shape index (κ1) is 17.6. The van der Waals surface area contributed by atoms with Crippen LogP contribution in [-0.4, -0.2) is 22.4 Å². The first-order valence-corrected chi connectivity index (χ1v) is 9.55. The van der Waals surface area contributed by atoms with Crippen LogP contribution in [0, 0.1) is 0 Å². The van der Waals surface area contributed by atoms with Crippen LogP contribution in [0.15, 0.2) is 72.0 Å². The lowest BCUT2D eigenvalue weighted by atomic mass is 9.92. The first-order valence-electron chi connectivity index (χ1n) is 9.55. The largest absolute Gasteiger partial charge is 0.396 e. The minimum atomic E-state index is 0.0853. The predicted octanol–water partition coefficient (Wildman–Crippen LogP) is 4.78. The summed E-state index contributed by atoms with van der Waals surface area (Å²) in [6.45, 7) is 3.08. The van der Waals surface area contributed by atoms with Crippen molar-refractivity contribution in [2.24, 2.45) is 4.99 Å². The van der Waals surface area contributed by atoms with Gasteiger partial charge >= 0.3 is 0 Å². The Morgan fingerprint density at radius 2 is 1.85 bits per heavy atom. The van der Waals surface area contributed by atoms with Gasteiger partial charge in [0.1, 0.15) is 0 Å². The van der Waals surface area contributed by atoms with Crippen LogP contribution in [0.3, 0.4) is 0 Å². The molecule has 1 aliphatic rings. The Morgan fingerprint density at radius 1 is 1.00 bits per heavy atom. The number of rotatable bonds is 6. The zero-order chi connectivity index (χ0) is 18.6. The fraction of sp³-hybridized carbons (Fsp3) is 0.250. The highest BCUT2D eigenvalue weighted by molar-refractivity contribution is 6.04. The fourth-order valence-electron chi connectivity index (χ4n) is 3.79. The molecule has 0 amide bonds. The molecule has 2 aromatic carbocycles. The van der Waals surface area contributed by atoms with Gasteiger partial charge in [-0.3, -0.25) is 9.98 Å². The van der Waals surface area contributed by atoms with Gasteiger partial charge in [-0.15, -0.1) is 0 Å². The Kier molecular flexibility index (Phi) is 5.12. The van der Waals surface area contributed by atoms with Crippen molar-refractivity contribution in [3.63, 3.8) is 0 Å². The van der Waals surface area contributed by atoms with Gasteiger partial charge in [-0.25, -0.2) is 0 Å². The summed E-state index contributed by atoms with van der Waals surface area (Å²) in [5, 5.41) is 9.86. The molecule has 0 aliphatic carbocycles. The molecule has 0 fully saturated rings. The third kappa shape index (κ3) is 3.69. The van der Waals surface area contributed by atoms with Crippen molar-refractivity contribution in [3.8, 4) is 11.1 Å². The molecular weight excluding hydrogens is 332 g/mol. The zero-order valence-electron chi connectivity index (χ0n) is 15.6. The molecule has 27 heavy (non-hydrogen) atoms. The maximum atomic E-state index is 9.86. The minimum Gasteiger partial charge on any atom is -0.396 e. The van der Waals surface area contributed by atoms with E-state index in [1.165, 1.54) is 22.4 Å². The number of aliphatic imine (C=N–C) groups is 1. The van der Waals surface area contributed by atoms with E-state index in [2.05, 4.69) is 53.3 Å². The average molecular weight is 356 g/mol. The molecule has 2 heterocycles. The summed E-state index contributed by atoms with van der Waals surface area (Å²) in [5.41, 5.74) is 8.36. The van der Waals surface area contributed by atoms with E-state index in [1.807, 2.05) is 30.6 Å². The van der Waals surface area contributed by atoms with Gasteiger partial charge < -0.3 is 5.11 Å². The molecule has 0 spiro atoms. The maximum Gasteiger partial charge on any atom is 0.0649 e. The molecule has 0 bridgehead atoms. The summed E-state index contributed by atoms with van der Waals surface area (Å²) in [6.07, 6.45) is 5.55. The topological polar surface area (TPSA) is 45.5 Å². The van der Waals surface area contributed by atoms with E-state index in [4.69, 9.17) is 0 Å². The second-order valence-corrected chi connectivity index (χ2v) is 7.06. The van der Waals surface area contributed by atoms with Crippen LogP contribution in [0.25, 0.3) is 11.1 Å². The molecule has 4 rings (SSSR count). The van der Waals surface area contributed by atoms with Crippen LogP contribution >= 0.6 is 0 Å². The van der Waals surface area contributed by atoms with Gasteiger partial charge in [-0.1, -0.05) is 49.4 Å². The lowest BCUT2D eigenvalue weighted by Crippen LogP contribution is -2.08. The molecule has 136 valence electrons. The van der Waals surface area contributed by atoms with Crippen molar-refractivity contribution in [2.75, 3.05) is 6.61 Å². The van der Waals surface area contributed by atoms with Crippen LogP contribution in [0.5, 0.6) is 0 Å². The number of fused-ring (bicyclic) bond motifs is 1. The Hall–Kier alpha value is -2.78.